The number of benzene rings is 1. The molecule has 0 saturated carbocycles. The fourth-order valence-corrected chi connectivity index (χ4v) is 1.83. The molecule has 0 radical (unpaired) electrons. The highest BCUT2D eigenvalue weighted by Crippen LogP contribution is 2.12. The second kappa shape index (κ2) is 6.49. The predicted octanol–water partition coefficient (Wildman–Crippen LogP) is -0.682. The van der Waals surface area contributed by atoms with Crippen LogP contribution in [0.25, 0.3) is 5.69 Å². The number of aliphatic hydroxyl groups is 3. The van der Waals surface area contributed by atoms with Crippen LogP contribution in [0.15, 0.2) is 42.9 Å². The van der Waals surface area contributed by atoms with E-state index in [0.717, 1.165) is 5.69 Å². The summed E-state index contributed by atoms with van der Waals surface area (Å²) in [4.78, 5) is 16.2. The predicted molar refractivity (Wildman–Crippen MR) is 75.0 cm³/mol. The Kier molecular flexibility index (Phi) is 4.69. The van der Waals surface area contributed by atoms with Crippen molar-refractivity contribution < 1.29 is 20.1 Å². The zero-order valence-electron chi connectivity index (χ0n) is 11.3. The summed E-state index contributed by atoms with van der Waals surface area (Å²) < 4.78 is 1.58. The Morgan fingerprint density at radius 3 is 2.33 bits per heavy atom. The van der Waals surface area contributed by atoms with Crippen molar-refractivity contribution in [3.63, 3.8) is 0 Å². The van der Waals surface area contributed by atoms with Gasteiger partial charge in [0.1, 0.15) is 11.2 Å². The monoisotopic (exact) mass is 291 g/mol. The van der Waals surface area contributed by atoms with Crippen molar-refractivity contribution in [1.82, 2.24) is 14.9 Å². The highest BCUT2D eigenvalue weighted by molar-refractivity contribution is 5.93. The number of aromatic nitrogens is 2. The van der Waals surface area contributed by atoms with E-state index < -0.39 is 31.3 Å². The number of hydrogen-bond acceptors (Lipinski definition) is 5. The number of hydrogen-bond donors (Lipinski definition) is 4. The number of carbonyl (C=O) groups is 1. The zero-order chi connectivity index (χ0) is 15.3. The lowest BCUT2D eigenvalue weighted by molar-refractivity contribution is 0.0372. The van der Waals surface area contributed by atoms with Crippen LogP contribution in [0.3, 0.4) is 0 Å². The third kappa shape index (κ3) is 3.10. The maximum Gasteiger partial charge on any atom is 0.270 e. The Balaban J connectivity index is 2.28. The van der Waals surface area contributed by atoms with E-state index in [4.69, 9.17) is 0 Å². The number of nitrogens with one attached hydrogen (secondary N) is 1. The van der Waals surface area contributed by atoms with Gasteiger partial charge in [-0.05, 0) is 12.1 Å². The summed E-state index contributed by atoms with van der Waals surface area (Å²) in [6.07, 6.45) is 2.86. The standard InChI is InChI=1S/C14H17N3O4/c18-7-14(8-19,9-20)16-13(21)12-6-15-10-17(12)11-4-2-1-3-5-11/h1-6,10,18-20H,7-9H2,(H,16,21). The van der Waals surface area contributed by atoms with Crippen LogP contribution < -0.4 is 5.32 Å². The van der Waals surface area contributed by atoms with Gasteiger partial charge in [-0.25, -0.2) is 4.98 Å². The fraction of sp³-hybridized carbons (Fsp3) is 0.286. The molecule has 2 rings (SSSR count). The summed E-state index contributed by atoms with van der Waals surface area (Å²) in [6.45, 7) is -1.73. The van der Waals surface area contributed by atoms with Gasteiger partial charge in [-0.2, -0.15) is 0 Å². The van der Waals surface area contributed by atoms with Crippen molar-refractivity contribution >= 4 is 5.91 Å². The Hall–Kier alpha value is -2.22. The molecule has 1 aromatic heterocycles. The van der Waals surface area contributed by atoms with Crippen LogP contribution in [0.4, 0.5) is 0 Å². The lowest BCUT2D eigenvalue weighted by Gasteiger charge is -2.28. The van der Waals surface area contributed by atoms with Crippen molar-refractivity contribution in [3.8, 4) is 5.69 Å². The van der Waals surface area contributed by atoms with Gasteiger partial charge in [-0.3, -0.25) is 9.36 Å². The first-order valence-electron chi connectivity index (χ1n) is 6.38. The second-order valence-electron chi connectivity index (χ2n) is 4.69. The molecular formula is C14H17N3O4. The number of aliphatic hydroxyl groups excluding tert-OH is 3. The normalized spacial score (nSPS) is 11.4. The van der Waals surface area contributed by atoms with Crippen LogP contribution in [0.5, 0.6) is 0 Å². The van der Waals surface area contributed by atoms with Crippen LogP contribution in [0.1, 0.15) is 10.5 Å². The third-order valence-electron chi connectivity index (χ3n) is 3.19. The van der Waals surface area contributed by atoms with Crippen molar-refractivity contribution in [2.75, 3.05) is 19.8 Å². The number of nitrogens with zero attached hydrogens (tertiary/aromatic N) is 2. The van der Waals surface area contributed by atoms with Crippen LogP contribution in [0.2, 0.25) is 0 Å². The van der Waals surface area contributed by atoms with Gasteiger partial charge in [0.05, 0.1) is 32.3 Å². The van der Waals surface area contributed by atoms with Crippen LogP contribution >= 0.6 is 0 Å². The summed E-state index contributed by atoms with van der Waals surface area (Å²) >= 11 is 0. The first-order chi connectivity index (χ1) is 10.2. The van der Waals surface area contributed by atoms with Gasteiger partial charge in [0.25, 0.3) is 5.91 Å². The maximum absolute atomic E-state index is 12.3. The van der Waals surface area contributed by atoms with E-state index in [1.807, 2.05) is 30.3 Å². The van der Waals surface area contributed by atoms with Crippen molar-refractivity contribution in [3.05, 3.63) is 48.5 Å². The van der Waals surface area contributed by atoms with Gasteiger partial charge in [-0.15, -0.1) is 0 Å². The van der Waals surface area contributed by atoms with Gasteiger partial charge in [0.15, 0.2) is 0 Å². The van der Waals surface area contributed by atoms with Gasteiger partial charge in [0.2, 0.25) is 0 Å². The quantitative estimate of drug-likeness (QED) is 0.564. The first kappa shape index (κ1) is 15.2. The molecule has 4 N–H and O–H groups in total. The molecule has 1 amide bonds. The molecule has 7 nitrogen and oxygen atoms in total. The Bertz CT molecular complexity index is 585. The number of para-hydroxylation sites is 1. The molecule has 0 fully saturated rings. The lowest BCUT2D eigenvalue weighted by Crippen LogP contribution is -2.57. The van der Waals surface area contributed by atoms with E-state index in [1.165, 1.54) is 12.5 Å². The van der Waals surface area contributed by atoms with E-state index in [-0.39, 0.29) is 5.69 Å². The molecule has 21 heavy (non-hydrogen) atoms. The first-order valence-corrected chi connectivity index (χ1v) is 6.38. The fourth-order valence-electron chi connectivity index (χ4n) is 1.83. The van der Waals surface area contributed by atoms with Gasteiger partial charge >= 0.3 is 0 Å². The van der Waals surface area contributed by atoms with E-state index in [0.29, 0.717) is 0 Å². The molecular weight excluding hydrogens is 274 g/mol. The summed E-state index contributed by atoms with van der Waals surface area (Å²) in [6, 6.07) is 9.15. The highest BCUT2D eigenvalue weighted by atomic mass is 16.3. The zero-order valence-corrected chi connectivity index (χ0v) is 11.3. The van der Waals surface area contributed by atoms with Gasteiger partial charge in [0, 0.05) is 5.69 Å². The smallest absolute Gasteiger partial charge is 0.270 e. The number of carbonyl (C=O) groups excluding carboxylic acids is 1. The minimum absolute atomic E-state index is 0.237. The molecule has 0 unspecified atom stereocenters. The van der Waals surface area contributed by atoms with Crippen molar-refractivity contribution in [2.24, 2.45) is 0 Å². The van der Waals surface area contributed by atoms with E-state index >= 15 is 0 Å². The summed E-state index contributed by atoms with van der Waals surface area (Å²) in [5, 5.41) is 30.2. The molecule has 7 heteroatoms. The molecule has 0 atom stereocenters. The Morgan fingerprint density at radius 2 is 1.76 bits per heavy atom. The molecule has 1 heterocycles. The molecule has 0 bridgehead atoms. The summed E-state index contributed by atoms with van der Waals surface area (Å²) in [7, 11) is 0. The van der Waals surface area contributed by atoms with Gasteiger partial charge in [-0.1, -0.05) is 18.2 Å². The van der Waals surface area contributed by atoms with Crippen LogP contribution in [0, 0.1) is 0 Å². The molecule has 0 spiro atoms. The minimum atomic E-state index is -1.47. The molecule has 0 aliphatic heterocycles. The van der Waals surface area contributed by atoms with E-state index in [2.05, 4.69) is 10.3 Å². The summed E-state index contributed by atoms with van der Waals surface area (Å²) in [5.41, 5.74) is -0.480. The molecule has 2 aromatic rings. The average Bonchev–Trinajstić information content (AvgIpc) is 3.03. The minimum Gasteiger partial charge on any atom is -0.394 e. The Labute approximate surface area is 121 Å². The molecule has 112 valence electrons. The van der Waals surface area contributed by atoms with Crippen molar-refractivity contribution in [2.45, 2.75) is 5.54 Å². The van der Waals surface area contributed by atoms with E-state index in [9.17, 15) is 20.1 Å². The molecule has 0 saturated heterocycles. The van der Waals surface area contributed by atoms with Gasteiger partial charge < -0.3 is 20.6 Å². The van der Waals surface area contributed by atoms with Crippen molar-refractivity contribution in [1.29, 1.82) is 0 Å². The number of amides is 1. The number of rotatable bonds is 6. The van der Waals surface area contributed by atoms with E-state index in [1.54, 1.807) is 4.57 Å². The van der Waals surface area contributed by atoms with Crippen LogP contribution in [-0.4, -0.2) is 56.1 Å². The summed E-state index contributed by atoms with van der Waals surface area (Å²) in [5.74, 6) is -0.548. The molecule has 0 aliphatic carbocycles. The average molecular weight is 291 g/mol. The molecule has 0 aliphatic rings. The number of imidazole rings is 1. The SMILES string of the molecule is O=C(NC(CO)(CO)CO)c1cncn1-c1ccccc1. The van der Waals surface area contributed by atoms with Crippen LogP contribution in [-0.2, 0) is 0 Å². The largest absolute Gasteiger partial charge is 0.394 e. The Morgan fingerprint density at radius 1 is 1.14 bits per heavy atom. The lowest BCUT2D eigenvalue weighted by atomic mass is 10.0. The maximum atomic E-state index is 12.3. The molecule has 1 aromatic carbocycles. The second-order valence-corrected chi connectivity index (χ2v) is 4.69. The topological polar surface area (TPSA) is 108 Å². The third-order valence-corrected chi connectivity index (χ3v) is 3.19. The highest BCUT2D eigenvalue weighted by Gasteiger charge is 2.31.